The lowest BCUT2D eigenvalue weighted by Gasteiger charge is -2.10. The number of amides is 1. The van der Waals surface area contributed by atoms with Crippen molar-refractivity contribution in [1.82, 2.24) is 0 Å². The van der Waals surface area contributed by atoms with Gasteiger partial charge in [-0.2, -0.15) is 0 Å². The van der Waals surface area contributed by atoms with Gasteiger partial charge in [0.25, 0.3) is 11.6 Å². The van der Waals surface area contributed by atoms with Crippen LogP contribution in [0.15, 0.2) is 48.5 Å². The molecule has 0 spiro atoms. The Hall–Kier alpha value is -3.75. The second-order valence-corrected chi connectivity index (χ2v) is 5.64. The summed E-state index contributed by atoms with van der Waals surface area (Å²) in [4.78, 5) is 45.7. The van der Waals surface area contributed by atoms with E-state index in [0.717, 1.165) is 6.07 Å². The highest BCUT2D eigenvalue weighted by Gasteiger charge is 2.15. The van der Waals surface area contributed by atoms with E-state index in [1.54, 1.807) is 30.3 Å². The van der Waals surface area contributed by atoms with Crippen LogP contribution < -0.4 is 10.1 Å². The largest absolute Gasteiger partial charge is 0.494 e. The Labute approximate surface area is 160 Å². The van der Waals surface area contributed by atoms with Crippen molar-refractivity contribution in [2.75, 3.05) is 19.0 Å². The molecule has 0 fully saturated rings. The fourth-order valence-corrected chi connectivity index (χ4v) is 2.29. The monoisotopic (exact) mass is 386 g/mol. The molecule has 0 aliphatic rings. The van der Waals surface area contributed by atoms with Gasteiger partial charge in [0.2, 0.25) is 0 Å². The summed E-state index contributed by atoms with van der Waals surface area (Å²) in [6.07, 6.45) is -0.178. The third kappa shape index (κ3) is 5.90. The maximum absolute atomic E-state index is 11.9. The number of ether oxygens (including phenoxy) is 2. The number of carbonyl (C=O) groups is 3. The SMILES string of the molecule is COc1cc([N+](=O)[O-])ccc1NC(=O)COC(=O)CCC(=O)c1ccccc1. The maximum atomic E-state index is 11.9. The highest BCUT2D eigenvalue weighted by molar-refractivity contribution is 5.98. The van der Waals surface area contributed by atoms with Crippen molar-refractivity contribution in [2.24, 2.45) is 0 Å². The van der Waals surface area contributed by atoms with Gasteiger partial charge in [-0.25, -0.2) is 0 Å². The number of hydrogen-bond acceptors (Lipinski definition) is 7. The molecule has 1 N–H and O–H groups in total. The van der Waals surface area contributed by atoms with Crippen molar-refractivity contribution in [3.63, 3.8) is 0 Å². The molecule has 0 radical (unpaired) electrons. The van der Waals surface area contributed by atoms with E-state index in [0.29, 0.717) is 5.56 Å². The zero-order valence-corrected chi connectivity index (χ0v) is 15.0. The van der Waals surface area contributed by atoms with Crippen molar-refractivity contribution in [1.29, 1.82) is 0 Å². The van der Waals surface area contributed by atoms with Gasteiger partial charge >= 0.3 is 5.97 Å². The Morgan fingerprint density at radius 2 is 1.79 bits per heavy atom. The zero-order valence-electron chi connectivity index (χ0n) is 15.0. The smallest absolute Gasteiger partial charge is 0.306 e. The van der Waals surface area contributed by atoms with Gasteiger partial charge in [-0.05, 0) is 6.07 Å². The first kappa shape index (κ1) is 20.6. The second kappa shape index (κ2) is 9.81. The quantitative estimate of drug-likeness (QED) is 0.304. The number of carbonyl (C=O) groups excluding carboxylic acids is 3. The maximum Gasteiger partial charge on any atom is 0.306 e. The third-order valence-electron chi connectivity index (χ3n) is 3.69. The van der Waals surface area contributed by atoms with Gasteiger partial charge in [-0.1, -0.05) is 30.3 Å². The summed E-state index contributed by atoms with van der Waals surface area (Å²) >= 11 is 0. The van der Waals surface area contributed by atoms with E-state index in [9.17, 15) is 24.5 Å². The summed E-state index contributed by atoms with van der Waals surface area (Å²) in [6.45, 7) is -0.557. The number of nitrogens with one attached hydrogen (secondary N) is 1. The van der Waals surface area contributed by atoms with Gasteiger partial charge in [0, 0.05) is 18.1 Å². The molecule has 0 aliphatic heterocycles. The molecule has 1 amide bonds. The molecule has 0 bridgehead atoms. The molecule has 0 aliphatic carbocycles. The van der Waals surface area contributed by atoms with Crippen LogP contribution in [-0.4, -0.2) is 36.3 Å². The highest BCUT2D eigenvalue weighted by Crippen LogP contribution is 2.28. The first-order valence-electron chi connectivity index (χ1n) is 8.27. The molecule has 0 heterocycles. The molecule has 146 valence electrons. The normalized spacial score (nSPS) is 10.0. The van der Waals surface area contributed by atoms with Gasteiger partial charge in [0.05, 0.1) is 30.2 Å². The highest BCUT2D eigenvalue weighted by atomic mass is 16.6. The van der Waals surface area contributed by atoms with Crippen molar-refractivity contribution < 1.29 is 28.8 Å². The van der Waals surface area contributed by atoms with Crippen LogP contribution in [0.25, 0.3) is 0 Å². The summed E-state index contributed by atoms with van der Waals surface area (Å²) in [5.74, 6) is -1.43. The van der Waals surface area contributed by atoms with Gasteiger partial charge in [0.1, 0.15) is 5.75 Å². The minimum absolute atomic E-state index is 0.0271. The van der Waals surface area contributed by atoms with Crippen molar-refractivity contribution in [3.8, 4) is 5.75 Å². The lowest BCUT2D eigenvalue weighted by molar-refractivity contribution is -0.384. The van der Waals surface area contributed by atoms with Crippen LogP contribution in [0.3, 0.4) is 0 Å². The molecule has 9 nitrogen and oxygen atoms in total. The van der Waals surface area contributed by atoms with E-state index in [2.05, 4.69) is 5.32 Å². The second-order valence-electron chi connectivity index (χ2n) is 5.64. The zero-order chi connectivity index (χ0) is 20.5. The Kier molecular flexibility index (Phi) is 7.21. The van der Waals surface area contributed by atoms with Crippen LogP contribution in [0.4, 0.5) is 11.4 Å². The summed E-state index contributed by atoms with van der Waals surface area (Å²) in [7, 11) is 1.30. The lowest BCUT2D eigenvalue weighted by Crippen LogP contribution is -2.21. The Morgan fingerprint density at radius 1 is 1.07 bits per heavy atom. The Morgan fingerprint density at radius 3 is 2.43 bits per heavy atom. The molecule has 9 heteroatoms. The fraction of sp³-hybridized carbons (Fsp3) is 0.211. The molecule has 0 atom stereocenters. The minimum Gasteiger partial charge on any atom is -0.494 e. The average Bonchev–Trinajstić information content (AvgIpc) is 2.71. The molecule has 0 aromatic heterocycles. The molecule has 0 saturated heterocycles. The van der Waals surface area contributed by atoms with Gasteiger partial charge in [0.15, 0.2) is 12.4 Å². The van der Waals surface area contributed by atoms with E-state index in [4.69, 9.17) is 9.47 Å². The van der Waals surface area contributed by atoms with E-state index in [1.165, 1.54) is 19.2 Å². The standard InChI is InChI=1S/C19H18N2O7/c1-27-17-11-14(21(25)26)7-8-15(17)20-18(23)12-28-19(24)10-9-16(22)13-5-3-2-4-6-13/h2-8,11H,9-10,12H2,1H3,(H,20,23). The predicted molar refractivity (Wildman–Crippen MR) is 99.2 cm³/mol. The predicted octanol–water partition coefficient (Wildman–Crippen LogP) is 2.75. The topological polar surface area (TPSA) is 125 Å². The van der Waals surface area contributed by atoms with E-state index >= 15 is 0 Å². The first-order valence-corrected chi connectivity index (χ1v) is 8.27. The number of non-ortho nitro benzene ring substituents is 1. The number of benzene rings is 2. The molecule has 2 aromatic rings. The van der Waals surface area contributed by atoms with Crippen LogP contribution in [0, 0.1) is 10.1 Å². The van der Waals surface area contributed by atoms with E-state index in [-0.39, 0.29) is 35.7 Å². The van der Waals surface area contributed by atoms with Crippen LogP contribution >= 0.6 is 0 Å². The molecule has 0 saturated carbocycles. The number of esters is 1. The number of nitro groups is 1. The summed E-state index contributed by atoms with van der Waals surface area (Å²) in [6, 6.07) is 12.2. The first-order chi connectivity index (χ1) is 13.4. The summed E-state index contributed by atoms with van der Waals surface area (Å²) < 4.78 is 9.85. The van der Waals surface area contributed by atoms with Gasteiger partial charge in [-0.3, -0.25) is 24.5 Å². The fourth-order valence-electron chi connectivity index (χ4n) is 2.29. The van der Waals surface area contributed by atoms with Crippen molar-refractivity contribution >= 4 is 29.0 Å². The molecular formula is C19H18N2O7. The van der Waals surface area contributed by atoms with Crippen LogP contribution in [0.1, 0.15) is 23.2 Å². The van der Waals surface area contributed by atoms with Crippen LogP contribution in [0.2, 0.25) is 0 Å². The molecule has 0 unspecified atom stereocenters. The van der Waals surface area contributed by atoms with Gasteiger partial charge in [-0.15, -0.1) is 0 Å². The number of nitro benzene ring substituents is 1. The minimum atomic E-state index is -0.685. The Balaban J connectivity index is 1.81. The number of methoxy groups -OCH3 is 1. The Bertz CT molecular complexity index is 881. The molecule has 2 aromatic carbocycles. The van der Waals surface area contributed by atoms with Crippen molar-refractivity contribution in [3.05, 3.63) is 64.2 Å². The average molecular weight is 386 g/mol. The van der Waals surface area contributed by atoms with Crippen LogP contribution in [-0.2, 0) is 14.3 Å². The molecule has 28 heavy (non-hydrogen) atoms. The third-order valence-corrected chi connectivity index (χ3v) is 3.69. The van der Waals surface area contributed by atoms with Gasteiger partial charge < -0.3 is 14.8 Å². The lowest BCUT2D eigenvalue weighted by atomic mass is 10.1. The number of Topliss-reactive ketones (excluding diaryl/α,β-unsaturated/α-hetero) is 1. The van der Waals surface area contributed by atoms with Crippen molar-refractivity contribution in [2.45, 2.75) is 12.8 Å². The van der Waals surface area contributed by atoms with Crippen LogP contribution in [0.5, 0.6) is 5.75 Å². The number of anilines is 1. The molecular weight excluding hydrogens is 368 g/mol. The molecule has 2 rings (SSSR count). The number of rotatable bonds is 9. The number of hydrogen-bond donors (Lipinski definition) is 1. The van der Waals surface area contributed by atoms with E-state index in [1.807, 2.05) is 0 Å². The number of nitrogens with zero attached hydrogens (tertiary/aromatic N) is 1. The van der Waals surface area contributed by atoms with E-state index < -0.39 is 23.4 Å². The summed E-state index contributed by atoms with van der Waals surface area (Å²) in [5.41, 5.74) is 0.510. The number of ketones is 1. The summed E-state index contributed by atoms with van der Waals surface area (Å²) in [5, 5.41) is 13.2.